The average molecular weight is 334 g/mol. The molecule has 0 bridgehead atoms. The first-order valence-corrected chi connectivity index (χ1v) is 8.30. The first-order chi connectivity index (χ1) is 12.2. The third kappa shape index (κ3) is 4.73. The van der Waals surface area contributed by atoms with E-state index in [1.165, 1.54) is 16.7 Å². The minimum atomic E-state index is 0.615. The number of nitrogens with one attached hydrogen (secondary N) is 1. The van der Waals surface area contributed by atoms with Crippen LogP contribution in [0.25, 0.3) is 0 Å². The van der Waals surface area contributed by atoms with Gasteiger partial charge in [-0.25, -0.2) is 0 Å². The topological polar surface area (TPSA) is 66.8 Å². The number of hydrogen-bond acceptors (Lipinski definition) is 6. The molecule has 3 aromatic rings. The van der Waals surface area contributed by atoms with Gasteiger partial charge in [-0.2, -0.15) is 10.1 Å². The van der Waals surface area contributed by atoms with E-state index in [1.807, 2.05) is 48.6 Å². The summed E-state index contributed by atoms with van der Waals surface area (Å²) in [5.74, 6) is 1.34. The fraction of sp³-hybridized carbons (Fsp3) is 0.263. The van der Waals surface area contributed by atoms with Gasteiger partial charge in [0.2, 0.25) is 5.95 Å². The number of pyridine rings is 1. The van der Waals surface area contributed by atoms with Gasteiger partial charge in [0.25, 0.3) is 0 Å². The molecule has 0 fully saturated rings. The summed E-state index contributed by atoms with van der Waals surface area (Å²) < 4.78 is 0. The Morgan fingerprint density at radius 3 is 2.68 bits per heavy atom. The van der Waals surface area contributed by atoms with Crippen molar-refractivity contribution < 1.29 is 0 Å². The lowest BCUT2D eigenvalue weighted by Crippen LogP contribution is -2.23. The summed E-state index contributed by atoms with van der Waals surface area (Å²) in [5.41, 5.74) is 3.74. The van der Waals surface area contributed by atoms with Gasteiger partial charge >= 0.3 is 0 Å². The third-order valence-corrected chi connectivity index (χ3v) is 4.10. The predicted molar refractivity (Wildman–Crippen MR) is 99.5 cm³/mol. The summed E-state index contributed by atoms with van der Waals surface area (Å²) in [7, 11) is 1.98. The van der Waals surface area contributed by atoms with Crippen molar-refractivity contribution in [1.82, 2.24) is 20.2 Å². The van der Waals surface area contributed by atoms with Crippen LogP contribution in [0.4, 0.5) is 11.8 Å². The van der Waals surface area contributed by atoms with Crippen LogP contribution in [0.5, 0.6) is 0 Å². The largest absolute Gasteiger partial charge is 0.365 e. The zero-order valence-corrected chi connectivity index (χ0v) is 14.6. The summed E-state index contributed by atoms with van der Waals surface area (Å²) >= 11 is 0. The van der Waals surface area contributed by atoms with Crippen molar-refractivity contribution in [3.63, 3.8) is 0 Å². The highest BCUT2D eigenvalue weighted by Gasteiger charge is 2.07. The quantitative estimate of drug-likeness (QED) is 0.717. The second-order valence-corrected chi connectivity index (χ2v) is 5.95. The summed E-state index contributed by atoms with van der Waals surface area (Å²) in [6.45, 7) is 3.63. The third-order valence-electron chi connectivity index (χ3n) is 4.10. The fourth-order valence-corrected chi connectivity index (χ4v) is 2.48. The summed E-state index contributed by atoms with van der Waals surface area (Å²) in [6.07, 6.45) is 6.18. The molecule has 3 rings (SSSR count). The van der Waals surface area contributed by atoms with Gasteiger partial charge in [0.15, 0.2) is 5.82 Å². The molecule has 1 N–H and O–H groups in total. The highest BCUT2D eigenvalue weighted by atomic mass is 15.3. The minimum absolute atomic E-state index is 0.615. The van der Waals surface area contributed by atoms with Crippen molar-refractivity contribution in [2.75, 3.05) is 23.8 Å². The molecular weight excluding hydrogens is 312 g/mol. The van der Waals surface area contributed by atoms with Gasteiger partial charge in [-0.05, 0) is 42.2 Å². The van der Waals surface area contributed by atoms with Crippen molar-refractivity contribution in [1.29, 1.82) is 0 Å². The molecule has 0 aliphatic carbocycles. The Kier molecular flexibility index (Phi) is 5.51. The number of benzene rings is 1. The van der Waals surface area contributed by atoms with E-state index < -0.39 is 0 Å². The maximum absolute atomic E-state index is 4.56. The predicted octanol–water partition coefficient (Wildman–Crippen LogP) is 2.87. The van der Waals surface area contributed by atoms with Crippen LogP contribution in [0.15, 0.2) is 55.0 Å². The number of nitrogens with zero attached hydrogens (tertiary/aromatic N) is 5. The molecule has 0 aliphatic rings. The Morgan fingerprint density at radius 2 is 1.88 bits per heavy atom. The monoisotopic (exact) mass is 334 g/mol. The SMILES string of the molecule is Cc1ccccc1CNc1cnnc(N(C)CCc2ccncc2)n1. The molecule has 128 valence electrons. The van der Waals surface area contributed by atoms with E-state index >= 15 is 0 Å². The summed E-state index contributed by atoms with van der Waals surface area (Å²) in [6, 6.07) is 12.3. The Morgan fingerprint density at radius 1 is 1.08 bits per heavy atom. The molecule has 0 saturated carbocycles. The van der Waals surface area contributed by atoms with Gasteiger partial charge in [0, 0.05) is 32.5 Å². The van der Waals surface area contributed by atoms with Crippen LogP contribution >= 0.6 is 0 Å². The fourth-order valence-electron chi connectivity index (χ4n) is 2.48. The molecule has 0 radical (unpaired) electrons. The van der Waals surface area contributed by atoms with Crippen LogP contribution < -0.4 is 10.2 Å². The maximum Gasteiger partial charge on any atom is 0.247 e. The molecule has 1 aromatic carbocycles. The van der Waals surface area contributed by atoms with E-state index in [0.717, 1.165) is 18.8 Å². The van der Waals surface area contributed by atoms with Crippen LogP contribution in [0.2, 0.25) is 0 Å². The van der Waals surface area contributed by atoms with Gasteiger partial charge in [-0.1, -0.05) is 24.3 Å². The van der Waals surface area contributed by atoms with E-state index in [0.29, 0.717) is 12.5 Å². The van der Waals surface area contributed by atoms with E-state index in [2.05, 4.69) is 44.5 Å². The van der Waals surface area contributed by atoms with Crippen molar-refractivity contribution in [2.24, 2.45) is 0 Å². The van der Waals surface area contributed by atoms with Gasteiger partial charge < -0.3 is 10.2 Å². The van der Waals surface area contributed by atoms with E-state index in [4.69, 9.17) is 0 Å². The zero-order chi connectivity index (χ0) is 17.5. The minimum Gasteiger partial charge on any atom is -0.365 e. The summed E-state index contributed by atoms with van der Waals surface area (Å²) in [4.78, 5) is 10.6. The zero-order valence-electron chi connectivity index (χ0n) is 14.6. The highest BCUT2D eigenvalue weighted by Crippen LogP contribution is 2.12. The Balaban J connectivity index is 1.59. The molecule has 0 atom stereocenters. The molecule has 6 heteroatoms. The van der Waals surface area contributed by atoms with Gasteiger partial charge in [0.1, 0.15) is 0 Å². The van der Waals surface area contributed by atoms with Crippen molar-refractivity contribution in [3.8, 4) is 0 Å². The molecule has 2 aromatic heterocycles. The first-order valence-electron chi connectivity index (χ1n) is 8.30. The highest BCUT2D eigenvalue weighted by molar-refractivity contribution is 5.40. The molecule has 0 saturated heterocycles. The van der Waals surface area contributed by atoms with Gasteiger partial charge in [-0.3, -0.25) is 4.98 Å². The maximum atomic E-state index is 4.56. The second-order valence-electron chi connectivity index (χ2n) is 5.95. The van der Waals surface area contributed by atoms with Crippen LogP contribution in [0, 0.1) is 6.92 Å². The van der Waals surface area contributed by atoms with Crippen LogP contribution in [0.3, 0.4) is 0 Å². The molecule has 0 unspecified atom stereocenters. The lowest BCUT2D eigenvalue weighted by molar-refractivity contribution is 0.810. The number of likely N-dealkylation sites (N-methyl/N-ethyl adjacent to an activating group) is 1. The first kappa shape index (κ1) is 16.8. The molecular formula is C19H22N6. The Labute approximate surface area is 148 Å². The normalized spacial score (nSPS) is 10.5. The molecule has 25 heavy (non-hydrogen) atoms. The molecule has 6 nitrogen and oxygen atoms in total. The number of aryl methyl sites for hydroxylation is 1. The molecule has 2 heterocycles. The molecule has 0 amide bonds. The molecule has 0 aliphatic heterocycles. The Bertz CT molecular complexity index is 806. The van der Waals surface area contributed by atoms with Gasteiger partial charge in [-0.15, -0.1) is 5.10 Å². The molecule has 0 spiro atoms. The number of anilines is 2. The van der Waals surface area contributed by atoms with E-state index in [-0.39, 0.29) is 0 Å². The second kappa shape index (κ2) is 8.19. The number of aromatic nitrogens is 4. The van der Waals surface area contributed by atoms with Crippen molar-refractivity contribution in [3.05, 3.63) is 71.7 Å². The summed E-state index contributed by atoms with van der Waals surface area (Å²) in [5, 5.41) is 11.5. The van der Waals surface area contributed by atoms with Gasteiger partial charge in [0.05, 0.1) is 6.20 Å². The van der Waals surface area contributed by atoms with Crippen LogP contribution in [-0.2, 0) is 13.0 Å². The lowest BCUT2D eigenvalue weighted by Gasteiger charge is -2.17. The smallest absolute Gasteiger partial charge is 0.247 e. The Hall–Kier alpha value is -3.02. The standard InChI is InChI=1S/C19H22N6/c1-15-5-3-4-6-17(15)13-21-18-14-22-24-19(23-18)25(2)12-9-16-7-10-20-11-8-16/h3-8,10-11,14H,9,12-13H2,1-2H3,(H,21,23,24). The van der Waals surface area contributed by atoms with Crippen LogP contribution in [0.1, 0.15) is 16.7 Å². The number of hydrogen-bond donors (Lipinski definition) is 1. The average Bonchev–Trinajstić information content (AvgIpc) is 2.66. The van der Waals surface area contributed by atoms with Crippen LogP contribution in [-0.4, -0.2) is 33.8 Å². The number of rotatable bonds is 7. The van der Waals surface area contributed by atoms with Crippen molar-refractivity contribution in [2.45, 2.75) is 19.9 Å². The van der Waals surface area contributed by atoms with Crippen molar-refractivity contribution >= 4 is 11.8 Å². The van der Waals surface area contributed by atoms with E-state index in [9.17, 15) is 0 Å². The van der Waals surface area contributed by atoms with E-state index in [1.54, 1.807) is 6.20 Å². The lowest BCUT2D eigenvalue weighted by atomic mass is 10.1.